The number of carbonyl (C=O) groups excluding carboxylic acids is 3. The molecule has 14 heteroatoms. The third-order valence-corrected chi connectivity index (χ3v) is 16.8. The molecule has 2 spiro atoms. The van der Waals surface area contributed by atoms with Gasteiger partial charge < -0.3 is 38.8 Å². The number of rotatable bonds is 6. The summed E-state index contributed by atoms with van der Waals surface area (Å²) < 4.78 is 35.6. The number of anilines is 1. The first-order valence-electron chi connectivity index (χ1n) is 20.8. The Labute approximate surface area is 335 Å². The molecule has 1 aromatic rings. The zero-order valence-electron chi connectivity index (χ0n) is 33.6. The van der Waals surface area contributed by atoms with E-state index in [4.69, 9.17) is 33.4 Å². The molecule has 0 saturated carbocycles. The molecule has 58 heavy (non-hydrogen) atoms. The van der Waals surface area contributed by atoms with Crippen molar-refractivity contribution in [2.24, 2.45) is 21.2 Å². The summed E-state index contributed by atoms with van der Waals surface area (Å²) in [6, 6.07) is 3.85. The lowest BCUT2D eigenvalue weighted by Crippen LogP contribution is -2.68. The van der Waals surface area contributed by atoms with Gasteiger partial charge >= 0.3 is 11.9 Å². The van der Waals surface area contributed by atoms with E-state index in [0.29, 0.717) is 59.7 Å². The van der Waals surface area contributed by atoms with Gasteiger partial charge in [-0.1, -0.05) is 13.8 Å². The number of hydrogen-bond donors (Lipinski definition) is 2. The number of epoxide rings is 1. The van der Waals surface area contributed by atoms with E-state index in [1.54, 1.807) is 6.08 Å². The molecule has 1 aromatic carbocycles. The number of methoxy groups -OCH3 is 4. The number of nitrogens with one attached hydrogen (secondary N) is 1. The van der Waals surface area contributed by atoms with Crippen molar-refractivity contribution in [2.75, 3.05) is 53.4 Å². The number of ketones is 1. The molecule has 5 saturated heterocycles. The number of carbonyl (C=O) groups is 3. The topological polar surface area (TPSA) is 161 Å². The molecule has 14 nitrogen and oxygen atoms in total. The highest BCUT2D eigenvalue weighted by Crippen LogP contribution is 2.72. The Morgan fingerprint density at radius 2 is 1.67 bits per heavy atom. The van der Waals surface area contributed by atoms with E-state index in [1.807, 2.05) is 0 Å². The predicted molar refractivity (Wildman–Crippen MR) is 205 cm³/mol. The molecule has 11 aliphatic rings. The van der Waals surface area contributed by atoms with Gasteiger partial charge in [0.1, 0.15) is 23.7 Å². The number of hydrogen-bond acceptors (Lipinski definition) is 14. The molecular weight excluding hydrogens is 745 g/mol. The molecular formula is C44H48N4O10. The first-order valence-corrected chi connectivity index (χ1v) is 20.8. The maximum Gasteiger partial charge on any atom is 0.335 e. The highest BCUT2D eigenvalue weighted by molar-refractivity contribution is 6.26. The van der Waals surface area contributed by atoms with E-state index in [1.165, 1.54) is 28.4 Å². The lowest BCUT2D eigenvalue weighted by Gasteiger charge is -2.60. The van der Waals surface area contributed by atoms with Crippen molar-refractivity contribution >= 4 is 29.1 Å². The van der Waals surface area contributed by atoms with Crippen LogP contribution in [0.25, 0.3) is 0 Å². The largest absolute Gasteiger partial charge is 0.491 e. The van der Waals surface area contributed by atoms with Gasteiger partial charge in [0.05, 0.1) is 74.4 Å². The summed E-state index contributed by atoms with van der Waals surface area (Å²) in [6.45, 7) is 6.68. The molecule has 0 bridgehead atoms. The Morgan fingerprint density at radius 3 is 2.40 bits per heavy atom. The SMILES string of the molecule is CC[C@@]12CC(C(=O)OC)=C3N=C4C(=CC(=O)C(OC)=C4OC)[C@@]34CCN([C@@H]3c5cc6c(cc5O[C@@H]3[C@H]1O)NC1=C(C(=O)OC)C[C@]3(CC)[C@@H]5O[C@@H]5CN5CC[C@@]16[C@@H]53)[C@H]42. The number of piperidine rings is 2. The number of nitrogens with zero attached hydrogens (tertiary/aromatic N) is 3. The van der Waals surface area contributed by atoms with E-state index in [9.17, 15) is 19.5 Å². The summed E-state index contributed by atoms with van der Waals surface area (Å²) in [5.41, 5.74) is 4.35. The second kappa shape index (κ2) is 11.2. The summed E-state index contributed by atoms with van der Waals surface area (Å²) in [5.74, 6) is -0.144. The van der Waals surface area contributed by atoms with Crippen LogP contribution in [-0.4, -0.2) is 123 Å². The predicted octanol–water partition coefficient (Wildman–Crippen LogP) is 3.37. The van der Waals surface area contributed by atoms with Crippen molar-refractivity contribution in [1.82, 2.24) is 9.80 Å². The molecule has 8 heterocycles. The fraction of sp³-hybridized carbons (Fsp3) is 0.591. The van der Waals surface area contributed by atoms with E-state index >= 15 is 0 Å². The van der Waals surface area contributed by atoms with Crippen LogP contribution in [0.5, 0.6) is 5.75 Å². The maximum atomic E-state index is 13.8. The quantitative estimate of drug-likeness (QED) is 0.246. The van der Waals surface area contributed by atoms with Gasteiger partial charge in [-0.3, -0.25) is 14.6 Å². The molecule has 3 aliphatic carbocycles. The number of fused-ring (bicyclic) bond motifs is 8. The summed E-state index contributed by atoms with van der Waals surface area (Å²) in [5, 5.41) is 16.7. The van der Waals surface area contributed by atoms with Crippen LogP contribution in [0.4, 0.5) is 5.69 Å². The average Bonchev–Trinajstić information content (AvgIpc) is 3.57. The third-order valence-electron chi connectivity index (χ3n) is 16.8. The number of esters is 2. The van der Waals surface area contributed by atoms with Crippen molar-refractivity contribution in [2.45, 2.75) is 100 Å². The van der Waals surface area contributed by atoms with Crippen LogP contribution in [0.1, 0.15) is 69.5 Å². The van der Waals surface area contributed by atoms with Crippen molar-refractivity contribution < 1.29 is 47.9 Å². The fourth-order valence-electron chi connectivity index (χ4n) is 14.8. The minimum absolute atomic E-state index is 0.0615. The van der Waals surface area contributed by atoms with Crippen LogP contribution < -0.4 is 10.1 Å². The number of benzene rings is 1. The molecule has 0 amide bonds. The van der Waals surface area contributed by atoms with Crippen LogP contribution >= 0.6 is 0 Å². The van der Waals surface area contributed by atoms with Gasteiger partial charge in [0.25, 0.3) is 0 Å². The Hall–Kier alpha value is -4.50. The number of aliphatic imine (C=N–C) groups is 1. The fourth-order valence-corrected chi connectivity index (χ4v) is 14.8. The van der Waals surface area contributed by atoms with Crippen molar-refractivity contribution in [3.63, 3.8) is 0 Å². The normalized spacial score (nSPS) is 41.7. The second-order valence-corrected chi connectivity index (χ2v) is 18.2. The van der Waals surface area contributed by atoms with Gasteiger partial charge in [-0.2, -0.15) is 0 Å². The van der Waals surface area contributed by atoms with Crippen molar-refractivity contribution in [1.29, 1.82) is 0 Å². The van der Waals surface area contributed by atoms with Crippen molar-refractivity contribution in [3.8, 4) is 5.75 Å². The zero-order valence-corrected chi connectivity index (χ0v) is 33.6. The van der Waals surface area contributed by atoms with E-state index in [-0.39, 0.29) is 65.4 Å². The van der Waals surface area contributed by atoms with Crippen LogP contribution in [0.3, 0.4) is 0 Å². The van der Waals surface area contributed by atoms with E-state index in [2.05, 4.69) is 41.1 Å². The van der Waals surface area contributed by atoms with Gasteiger partial charge in [-0.05, 0) is 68.3 Å². The first kappa shape index (κ1) is 35.4. The lowest BCUT2D eigenvalue weighted by atomic mass is 9.51. The highest BCUT2D eigenvalue weighted by atomic mass is 16.6. The molecule has 12 rings (SSSR count). The van der Waals surface area contributed by atoms with Crippen molar-refractivity contribution in [3.05, 3.63) is 69.0 Å². The zero-order chi connectivity index (χ0) is 40.0. The summed E-state index contributed by atoms with van der Waals surface area (Å²) in [7, 11) is 5.76. The summed E-state index contributed by atoms with van der Waals surface area (Å²) in [6.07, 6.45) is 3.90. The van der Waals surface area contributed by atoms with Gasteiger partial charge in [-0.15, -0.1) is 0 Å². The standard InChI is InChI=1S/C44H48N4O10/c1-7-41-16-20(37(51)55-5)34-44(23-14-25(49)30(53-3)31(54-4)28(23)46-34)10-12-48(40(41)44)29-19-13-22-24(15-26(19)57-32(29)35(41)50)45-33-21(38(52)56-6)17-42(8-2)36-27(58-36)18-47-11-9-43(22,33)39(42)47/h13-15,27,29,32,35-36,39-40,45,50H,7-12,16-18H2,1-6H3/t27-,29-,32+,35-,36-,39+,40+,41-,42-,43+,44+/m1/s1. The monoisotopic (exact) mass is 792 g/mol. The van der Waals surface area contributed by atoms with Gasteiger partial charge in [-0.25, -0.2) is 14.6 Å². The summed E-state index contributed by atoms with van der Waals surface area (Å²) in [4.78, 5) is 51.6. The molecule has 11 atom stereocenters. The number of aliphatic hydroxyl groups excluding tert-OH is 1. The Kier molecular flexibility index (Phi) is 6.84. The third kappa shape index (κ3) is 3.66. The Morgan fingerprint density at radius 1 is 0.948 bits per heavy atom. The number of aliphatic hydroxyl groups is 1. The van der Waals surface area contributed by atoms with E-state index < -0.39 is 34.4 Å². The number of ether oxygens (including phenoxy) is 6. The Bertz CT molecular complexity index is 2360. The second-order valence-electron chi connectivity index (χ2n) is 18.2. The molecule has 0 radical (unpaired) electrons. The molecule has 5 fully saturated rings. The molecule has 8 aliphatic heterocycles. The molecule has 2 N–H and O–H groups in total. The summed E-state index contributed by atoms with van der Waals surface area (Å²) >= 11 is 0. The van der Waals surface area contributed by atoms with Gasteiger partial charge in [0.15, 0.2) is 5.76 Å². The molecule has 304 valence electrons. The maximum absolute atomic E-state index is 13.8. The van der Waals surface area contributed by atoms with Gasteiger partial charge in [0.2, 0.25) is 11.5 Å². The van der Waals surface area contributed by atoms with Crippen LogP contribution in [0, 0.1) is 16.2 Å². The van der Waals surface area contributed by atoms with E-state index in [0.717, 1.165) is 48.4 Å². The number of allylic oxidation sites excluding steroid dienone is 2. The minimum atomic E-state index is -0.989. The van der Waals surface area contributed by atoms with Crippen LogP contribution in [0.15, 0.2) is 62.8 Å². The Balaban J connectivity index is 1.04. The molecule has 0 unspecified atom stereocenters. The highest BCUT2D eigenvalue weighted by Gasteiger charge is 2.76. The first-order chi connectivity index (χ1) is 28.0. The van der Waals surface area contributed by atoms with Crippen LogP contribution in [0.2, 0.25) is 0 Å². The molecule has 0 aromatic heterocycles. The lowest BCUT2D eigenvalue weighted by molar-refractivity contribution is -0.172. The smallest absolute Gasteiger partial charge is 0.335 e. The van der Waals surface area contributed by atoms with Crippen LogP contribution in [-0.2, 0) is 43.5 Å². The average molecular weight is 793 g/mol. The van der Waals surface area contributed by atoms with Gasteiger partial charge in [0, 0.05) is 59.0 Å². The minimum Gasteiger partial charge on any atom is -0.491 e.